The molecule has 154 valence electrons. The predicted octanol–water partition coefficient (Wildman–Crippen LogP) is 4.17. The van der Waals surface area contributed by atoms with Gasteiger partial charge in [-0.25, -0.2) is 9.67 Å². The molecule has 2 aromatic carbocycles. The molecule has 0 radical (unpaired) electrons. The van der Waals surface area contributed by atoms with Gasteiger partial charge in [0.2, 0.25) is 0 Å². The number of anilines is 1. The Hall–Kier alpha value is -4.00. The summed E-state index contributed by atoms with van der Waals surface area (Å²) in [6.45, 7) is 4.38. The monoisotopic (exact) mass is 411 g/mol. The quantitative estimate of drug-likeness (QED) is 0.481. The molecule has 0 bridgehead atoms. The van der Waals surface area contributed by atoms with Crippen LogP contribution < -0.4 is 10.9 Å². The molecular formula is C24H21N5O2. The number of nitrogens with zero attached hydrogens (tertiary/aromatic N) is 4. The maximum absolute atomic E-state index is 13.2. The van der Waals surface area contributed by atoms with Gasteiger partial charge in [-0.1, -0.05) is 43.3 Å². The van der Waals surface area contributed by atoms with Crippen LogP contribution in [0.15, 0.2) is 65.5 Å². The van der Waals surface area contributed by atoms with Crippen LogP contribution in [0.25, 0.3) is 27.3 Å². The molecule has 1 N–H and O–H groups in total. The minimum atomic E-state index is -0.360. The molecule has 1 amide bonds. The fourth-order valence-electron chi connectivity index (χ4n) is 4.07. The molecule has 0 saturated heterocycles. The Morgan fingerprint density at radius 3 is 2.55 bits per heavy atom. The fraction of sp³-hybridized carbons (Fsp3) is 0.167. The highest BCUT2D eigenvalue weighted by molar-refractivity contribution is 6.18. The third-order valence-corrected chi connectivity index (χ3v) is 5.41. The molecule has 0 unspecified atom stereocenters. The largest absolute Gasteiger partial charge is 0.318 e. The number of aromatic nitrogens is 4. The van der Waals surface area contributed by atoms with Crippen molar-refractivity contribution in [2.75, 3.05) is 5.32 Å². The number of amides is 1. The third kappa shape index (κ3) is 3.06. The van der Waals surface area contributed by atoms with Crippen LogP contribution in [-0.4, -0.2) is 25.1 Å². The number of carbonyl (C=O) groups is 1. The lowest BCUT2D eigenvalue weighted by atomic mass is 10.1. The Bertz CT molecular complexity index is 1530. The van der Waals surface area contributed by atoms with Gasteiger partial charge < -0.3 is 5.32 Å². The first kappa shape index (κ1) is 19.0. The summed E-state index contributed by atoms with van der Waals surface area (Å²) in [5.74, 6) is 0.474. The molecular weight excluding hydrogens is 390 g/mol. The lowest BCUT2D eigenvalue weighted by Gasteiger charge is -2.09. The van der Waals surface area contributed by atoms with Gasteiger partial charge in [0.25, 0.3) is 11.5 Å². The standard InChI is InChI=1S/C24H21N5O2/c1-3-14-28-21(30)13-12-19(27-28)24(31)26-22-17-9-5-7-11-20(17)29-15(2)25-18-10-6-4-8-16(18)23(22)29/h4-13H,3,14H2,1-2H3,(H,26,31). The lowest BCUT2D eigenvalue weighted by Crippen LogP contribution is -2.26. The molecule has 5 rings (SSSR count). The van der Waals surface area contributed by atoms with Gasteiger partial charge in [-0.15, -0.1) is 0 Å². The first-order valence-corrected chi connectivity index (χ1v) is 10.3. The fourth-order valence-corrected chi connectivity index (χ4v) is 4.07. The molecule has 0 fully saturated rings. The first-order valence-electron chi connectivity index (χ1n) is 10.3. The Labute approximate surface area is 178 Å². The van der Waals surface area contributed by atoms with Crippen LogP contribution in [0.5, 0.6) is 0 Å². The minimum absolute atomic E-state index is 0.201. The van der Waals surface area contributed by atoms with Crippen LogP contribution in [0.1, 0.15) is 29.7 Å². The van der Waals surface area contributed by atoms with Crippen molar-refractivity contribution in [3.63, 3.8) is 0 Å². The molecule has 0 saturated carbocycles. The molecule has 7 heteroatoms. The van der Waals surface area contributed by atoms with E-state index >= 15 is 0 Å². The smallest absolute Gasteiger partial charge is 0.276 e. The number of fused-ring (bicyclic) bond motifs is 5. The van der Waals surface area contributed by atoms with Gasteiger partial charge >= 0.3 is 0 Å². The van der Waals surface area contributed by atoms with Crippen molar-refractivity contribution in [3.05, 3.63) is 82.5 Å². The van der Waals surface area contributed by atoms with E-state index in [4.69, 9.17) is 4.98 Å². The van der Waals surface area contributed by atoms with Gasteiger partial charge in [0.1, 0.15) is 11.5 Å². The van der Waals surface area contributed by atoms with E-state index < -0.39 is 0 Å². The molecule has 0 aliphatic rings. The van der Waals surface area contributed by atoms with Gasteiger partial charge in [0.05, 0.1) is 22.2 Å². The van der Waals surface area contributed by atoms with Gasteiger partial charge in [-0.3, -0.25) is 14.0 Å². The Kier molecular flexibility index (Phi) is 4.51. The third-order valence-electron chi connectivity index (χ3n) is 5.41. The Morgan fingerprint density at radius 2 is 1.74 bits per heavy atom. The van der Waals surface area contributed by atoms with Crippen molar-refractivity contribution in [2.45, 2.75) is 26.8 Å². The first-order chi connectivity index (χ1) is 15.1. The van der Waals surface area contributed by atoms with E-state index in [2.05, 4.69) is 14.8 Å². The molecule has 0 atom stereocenters. The molecule has 0 aliphatic carbocycles. The highest BCUT2D eigenvalue weighted by Gasteiger charge is 2.20. The molecule has 31 heavy (non-hydrogen) atoms. The highest BCUT2D eigenvalue weighted by atomic mass is 16.2. The van der Waals surface area contributed by atoms with Gasteiger partial charge in [-0.05, 0) is 31.5 Å². The second-order valence-electron chi connectivity index (χ2n) is 7.49. The molecule has 7 nitrogen and oxygen atoms in total. The topological polar surface area (TPSA) is 81.3 Å². The van der Waals surface area contributed by atoms with Crippen LogP contribution in [0.2, 0.25) is 0 Å². The van der Waals surface area contributed by atoms with Crippen molar-refractivity contribution in [1.29, 1.82) is 0 Å². The highest BCUT2D eigenvalue weighted by Crippen LogP contribution is 2.36. The molecule has 3 aromatic heterocycles. The van der Waals surface area contributed by atoms with E-state index in [9.17, 15) is 9.59 Å². The van der Waals surface area contributed by atoms with Crippen LogP contribution in [0.4, 0.5) is 5.69 Å². The summed E-state index contributed by atoms with van der Waals surface area (Å²) in [4.78, 5) is 29.9. The second kappa shape index (κ2) is 7.36. The summed E-state index contributed by atoms with van der Waals surface area (Å²) in [6.07, 6.45) is 0.755. The SMILES string of the molecule is CCCn1nc(C(=O)Nc2c3ccccc3n3c(C)nc4ccccc4c23)ccc1=O. The van der Waals surface area contributed by atoms with Crippen LogP contribution >= 0.6 is 0 Å². The van der Waals surface area contributed by atoms with Crippen molar-refractivity contribution in [1.82, 2.24) is 19.2 Å². The van der Waals surface area contributed by atoms with E-state index in [1.165, 1.54) is 16.8 Å². The number of hydrogen-bond acceptors (Lipinski definition) is 4. The van der Waals surface area contributed by atoms with E-state index in [1.54, 1.807) is 0 Å². The number of hydrogen-bond donors (Lipinski definition) is 1. The average molecular weight is 411 g/mol. The summed E-state index contributed by atoms with van der Waals surface area (Å²) >= 11 is 0. The van der Waals surface area contributed by atoms with E-state index in [-0.39, 0.29) is 17.2 Å². The normalized spacial score (nSPS) is 11.4. The number of para-hydroxylation sites is 2. The van der Waals surface area contributed by atoms with Gasteiger partial charge in [-0.2, -0.15) is 5.10 Å². The number of rotatable bonds is 4. The van der Waals surface area contributed by atoms with Crippen LogP contribution in [0.3, 0.4) is 0 Å². The Balaban J connectivity index is 1.73. The molecule has 0 aliphatic heterocycles. The molecule has 3 heterocycles. The maximum Gasteiger partial charge on any atom is 0.276 e. The average Bonchev–Trinajstić information content (AvgIpc) is 3.11. The minimum Gasteiger partial charge on any atom is -0.318 e. The maximum atomic E-state index is 13.2. The number of carbonyl (C=O) groups excluding carboxylic acids is 1. The van der Waals surface area contributed by atoms with Crippen molar-refractivity contribution >= 4 is 38.9 Å². The summed E-state index contributed by atoms with van der Waals surface area (Å²) in [6, 6.07) is 18.7. The zero-order valence-electron chi connectivity index (χ0n) is 17.3. The van der Waals surface area contributed by atoms with Gasteiger partial charge in [0.15, 0.2) is 0 Å². The Morgan fingerprint density at radius 1 is 1.00 bits per heavy atom. The van der Waals surface area contributed by atoms with E-state index in [1.807, 2.05) is 62.4 Å². The summed E-state index contributed by atoms with van der Waals surface area (Å²) < 4.78 is 3.40. The van der Waals surface area contributed by atoms with Crippen molar-refractivity contribution < 1.29 is 4.79 Å². The zero-order chi connectivity index (χ0) is 21.5. The number of aryl methyl sites for hydroxylation is 2. The van der Waals surface area contributed by atoms with Crippen molar-refractivity contribution in [3.8, 4) is 0 Å². The van der Waals surface area contributed by atoms with E-state index in [0.29, 0.717) is 12.2 Å². The summed E-state index contributed by atoms with van der Waals surface area (Å²) in [5, 5.41) is 9.19. The number of benzene rings is 2. The van der Waals surface area contributed by atoms with Crippen molar-refractivity contribution in [2.24, 2.45) is 0 Å². The summed E-state index contributed by atoms with van der Waals surface area (Å²) in [5.41, 5.74) is 3.40. The van der Waals surface area contributed by atoms with Crippen LogP contribution in [0, 0.1) is 6.92 Å². The summed E-state index contributed by atoms with van der Waals surface area (Å²) in [7, 11) is 0. The number of nitrogens with one attached hydrogen (secondary N) is 1. The lowest BCUT2D eigenvalue weighted by molar-refractivity contribution is 0.102. The van der Waals surface area contributed by atoms with Gasteiger partial charge in [0, 0.05) is 23.4 Å². The van der Waals surface area contributed by atoms with Crippen LogP contribution in [-0.2, 0) is 6.54 Å². The molecule has 0 spiro atoms. The predicted molar refractivity (Wildman–Crippen MR) is 122 cm³/mol. The molecule has 5 aromatic rings. The zero-order valence-corrected chi connectivity index (χ0v) is 17.3. The van der Waals surface area contributed by atoms with E-state index in [0.717, 1.165) is 39.6 Å². The second-order valence-corrected chi connectivity index (χ2v) is 7.49.